The quantitative estimate of drug-likeness (QED) is 0.873. The molecule has 1 fully saturated rings. The molecule has 1 saturated carbocycles. The van der Waals surface area contributed by atoms with Gasteiger partial charge in [-0.25, -0.2) is 4.98 Å². The molecule has 106 valence electrons. The summed E-state index contributed by atoms with van der Waals surface area (Å²) in [5, 5.41) is 6.51. The molecule has 0 spiro atoms. The maximum atomic E-state index is 12.1. The maximum Gasteiger partial charge on any atom is 0.289 e. The Kier molecular flexibility index (Phi) is 4.58. The van der Waals surface area contributed by atoms with Gasteiger partial charge in [0.15, 0.2) is 5.89 Å². The molecule has 1 aliphatic rings. The van der Waals surface area contributed by atoms with Crippen molar-refractivity contribution in [2.75, 3.05) is 6.54 Å². The number of hydrogen-bond donors (Lipinski definition) is 2. The van der Waals surface area contributed by atoms with Gasteiger partial charge in [0.2, 0.25) is 5.76 Å². The molecular weight excluding hydrogens is 242 g/mol. The van der Waals surface area contributed by atoms with Crippen molar-refractivity contribution in [1.82, 2.24) is 15.6 Å². The first-order valence-corrected chi connectivity index (χ1v) is 7.08. The highest BCUT2D eigenvalue weighted by atomic mass is 16.4. The molecule has 19 heavy (non-hydrogen) atoms. The number of aryl methyl sites for hydroxylation is 2. The summed E-state index contributed by atoms with van der Waals surface area (Å²) < 4.78 is 5.34. The number of hydrogen-bond acceptors (Lipinski definition) is 4. The number of nitrogens with one attached hydrogen (secondary N) is 2. The van der Waals surface area contributed by atoms with Crippen LogP contribution in [-0.2, 0) is 0 Å². The summed E-state index contributed by atoms with van der Waals surface area (Å²) >= 11 is 0. The smallest absolute Gasteiger partial charge is 0.289 e. The third-order valence-electron chi connectivity index (χ3n) is 3.66. The molecule has 1 amide bonds. The number of oxazole rings is 1. The Morgan fingerprint density at radius 1 is 1.26 bits per heavy atom. The lowest BCUT2D eigenvalue weighted by atomic mass is 9.91. The van der Waals surface area contributed by atoms with E-state index in [4.69, 9.17) is 4.42 Å². The van der Waals surface area contributed by atoms with Crippen LogP contribution in [0.25, 0.3) is 0 Å². The van der Waals surface area contributed by atoms with E-state index in [1.54, 1.807) is 13.8 Å². The monoisotopic (exact) mass is 265 g/mol. The molecule has 0 unspecified atom stereocenters. The highest BCUT2D eigenvalue weighted by Crippen LogP contribution is 2.19. The van der Waals surface area contributed by atoms with Crippen LogP contribution < -0.4 is 10.6 Å². The number of carbonyl (C=O) groups excluding carboxylic acids is 1. The zero-order chi connectivity index (χ0) is 13.8. The summed E-state index contributed by atoms with van der Waals surface area (Å²) in [5.41, 5.74) is 0.663. The third-order valence-corrected chi connectivity index (χ3v) is 3.66. The molecule has 5 heteroatoms. The minimum atomic E-state index is -0.134. The van der Waals surface area contributed by atoms with Crippen LogP contribution in [0.3, 0.4) is 0 Å². The molecule has 0 atom stereocenters. The molecule has 1 aliphatic carbocycles. The number of rotatable bonds is 4. The van der Waals surface area contributed by atoms with Gasteiger partial charge in [0.1, 0.15) is 0 Å². The first kappa shape index (κ1) is 14.1. The van der Waals surface area contributed by atoms with E-state index < -0.39 is 0 Å². The lowest BCUT2D eigenvalue weighted by molar-refractivity contribution is 0.0894. The van der Waals surface area contributed by atoms with Gasteiger partial charge in [-0.05, 0) is 39.2 Å². The Balaban J connectivity index is 1.85. The van der Waals surface area contributed by atoms with E-state index in [0.717, 1.165) is 32.2 Å². The molecule has 0 aliphatic heterocycles. The molecule has 5 nitrogen and oxygen atoms in total. The van der Waals surface area contributed by atoms with Crippen LogP contribution in [0.2, 0.25) is 0 Å². The average molecular weight is 265 g/mol. The second-order valence-corrected chi connectivity index (χ2v) is 5.23. The fourth-order valence-corrected chi connectivity index (χ4v) is 2.72. The second-order valence-electron chi connectivity index (χ2n) is 5.23. The number of amides is 1. The molecule has 0 saturated heterocycles. The fraction of sp³-hybridized carbons (Fsp3) is 0.714. The molecule has 2 N–H and O–H groups in total. The van der Waals surface area contributed by atoms with Gasteiger partial charge in [-0.1, -0.05) is 6.92 Å². The molecule has 0 bridgehead atoms. The predicted molar refractivity (Wildman–Crippen MR) is 73.2 cm³/mol. The van der Waals surface area contributed by atoms with Crippen molar-refractivity contribution in [2.24, 2.45) is 0 Å². The van der Waals surface area contributed by atoms with Gasteiger partial charge >= 0.3 is 0 Å². The van der Waals surface area contributed by atoms with Crippen LogP contribution in [0.1, 0.15) is 54.7 Å². The van der Waals surface area contributed by atoms with Crippen LogP contribution in [0.5, 0.6) is 0 Å². The SMILES string of the molecule is CCNC1CCC(NC(=O)c2oc(C)nc2C)CC1. The van der Waals surface area contributed by atoms with Crippen molar-refractivity contribution < 1.29 is 9.21 Å². The number of aromatic nitrogens is 1. The van der Waals surface area contributed by atoms with Crippen LogP contribution in [0.15, 0.2) is 4.42 Å². The van der Waals surface area contributed by atoms with Crippen molar-refractivity contribution >= 4 is 5.91 Å². The zero-order valence-corrected chi connectivity index (χ0v) is 12.0. The Hall–Kier alpha value is -1.36. The summed E-state index contributed by atoms with van der Waals surface area (Å²) in [5.74, 6) is 0.759. The Bertz CT molecular complexity index is 434. The van der Waals surface area contributed by atoms with Gasteiger partial charge < -0.3 is 15.1 Å². The van der Waals surface area contributed by atoms with Crippen LogP contribution in [0, 0.1) is 13.8 Å². The fourth-order valence-electron chi connectivity index (χ4n) is 2.72. The molecule has 0 aromatic carbocycles. The molecule has 1 aromatic heterocycles. The van der Waals surface area contributed by atoms with E-state index in [9.17, 15) is 4.79 Å². The first-order valence-electron chi connectivity index (χ1n) is 7.08. The van der Waals surface area contributed by atoms with Gasteiger partial charge in [0.05, 0.1) is 5.69 Å². The normalized spacial score (nSPS) is 23.3. The molecule has 1 aromatic rings. The van der Waals surface area contributed by atoms with E-state index in [0.29, 0.717) is 23.4 Å². The molecule has 2 rings (SSSR count). The van der Waals surface area contributed by atoms with E-state index in [1.165, 1.54) is 0 Å². The maximum absolute atomic E-state index is 12.1. The van der Waals surface area contributed by atoms with Crippen molar-refractivity contribution in [1.29, 1.82) is 0 Å². The predicted octanol–water partition coefficient (Wildman–Crippen LogP) is 1.94. The summed E-state index contributed by atoms with van der Waals surface area (Å²) in [6, 6.07) is 0.861. The van der Waals surface area contributed by atoms with Crippen molar-refractivity contribution in [3.8, 4) is 0 Å². The van der Waals surface area contributed by atoms with E-state index in [1.807, 2.05) is 0 Å². The van der Waals surface area contributed by atoms with E-state index in [-0.39, 0.29) is 11.9 Å². The minimum Gasteiger partial charge on any atom is -0.436 e. The van der Waals surface area contributed by atoms with Gasteiger partial charge in [0, 0.05) is 19.0 Å². The summed E-state index contributed by atoms with van der Waals surface area (Å²) in [6.45, 7) is 6.69. The van der Waals surface area contributed by atoms with Gasteiger partial charge in [-0.3, -0.25) is 4.79 Å². The van der Waals surface area contributed by atoms with Gasteiger partial charge in [-0.2, -0.15) is 0 Å². The largest absolute Gasteiger partial charge is 0.436 e. The second kappa shape index (κ2) is 6.19. The van der Waals surface area contributed by atoms with Crippen molar-refractivity contribution in [3.05, 3.63) is 17.3 Å². The van der Waals surface area contributed by atoms with Gasteiger partial charge in [-0.15, -0.1) is 0 Å². The van der Waals surface area contributed by atoms with E-state index in [2.05, 4.69) is 22.5 Å². The van der Waals surface area contributed by atoms with E-state index >= 15 is 0 Å². The van der Waals surface area contributed by atoms with Crippen molar-refractivity contribution in [3.63, 3.8) is 0 Å². The molecular formula is C14H23N3O2. The lowest BCUT2D eigenvalue weighted by Gasteiger charge is -2.29. The summed E-state index contributed by atoms with van der Waals surface area (Å²) in [7, 11) is 0. The van der Waals surface area contributed by atoms with Crippen LogP contribution in [0.4, 0.5) is 0 Å². The number of carbonyl (C=O) groups is 1. The van der Waals surface area contributed by atoms with Gasteiger partial charge in [0.25, 0.3) is 5.91 Å². The molecule has 0 radical (unpaired) electrons. The Morgan fingerprint density at radius 2 is 1.89 bits per heavy atom. The Labute approximate surface area is 114 Å². The first-order chi connectivity index (χ1) is 9.10. The third kappa shape index (κ3) is 3.56. The molecule has 1 heterocycles. The van der Waals surface area contributed by atoms with Crippen LogP contribution in [-0.4, -0.2) is 29.5 Å². The minimum absolute atomic E-state index is 0.134. The lowest BCUT2D eigenvalue weighted by Crippen LogP contribution is -2.42. The highest BCUT2D eigenvalue weighted by molar-refractivity contribution is 5.92. The Morgan fingerprint density at radius 3 is 2.42 bits per heavy atom. The van der Waals surface area contributed by atoms with Crippen molar-refractivity contribution in [2.45, 2.75) is 58.5 Å². The summed E-state index contributed by atoms with van der Waals surface area (Å²) in [6.07, 6.45) is 4.28. The standard InChI is InChI=1S/C14H23N3O2/c1-4-15-11-5-7-12(8-6-11)17-14(18)13-9(2)16-10(3)19-13/h11-12,15H,4-8H2,1-3H3,(H,17,18). The highest BCUT2D eigenvalue weighted by Gasteiger charge is 2.24. The van der Waals surface area contributed by atoms with Crippen LogP contribution >= 0.6 is 0 Å². The zero-order valence-electron chi connectivity index (χ0n) is 12.0. The summed E-state index contributed by atoms with van der Waals surface area (Å²) in [4.78, 5) is 16.2. The topological polar surface area (TPSA) is 67.2 Å². The number of nitrogens with zero attached hydrogens (tertiary/aromatic N) is 1. The average Bonchev–Trinajstić information content (AvgIpc) is 2.71.